The highest BCUT2D eigenvalue weighted by molar-refractivity contribution is 6.30. The van der Waals surface area contributed by atoms with E-state index in [1.807, 2.05) is 0 Å². The number of carbonyl (C=O) groups is 1. The first kappa shape index (κ1) is 16.3. The molecule has 0 fully saturated rings. The molecular formula is C17H15ClFN3O2. The van der Waals surface area contributed by atoms with Crippen molar-refractivity contribution in [3.8, 4) is 0 Å². The van der Waals surface area contributed by atoms with Crippen molar-refractivity contribution in [3.05, 3.63) is 58.4 Å². The SMILES string of the molecule is CCOC(=O)c1ccc2nc(NCc3ccc(F)c(Cl)c3)[nH]c2c1. The Kier molecular flexibility index (Phi) is 4.66. The Morgan fingerprint density at radius 3 is 2.92 bits per heavy atom. The van der Waals surface area contributed by atoms with E-state index in [4.69, 9.17) is 16.3 Å². The third kappa shape index (κ3) is 3.49. The second kappa shape index (κ2) is 6.88. The number of esters is 1. The second-order valence-electron chi connectivity index (χ2n) is 5.14. The molecule has 0 aliphatic heterocycles. The summed E-state index contributed by atoms with van der Waals surface area (Å²) in [6.07, 6.45) is 0. The highest BCUT2D eigenvalue weighted by Gasteiger charge is 2.10. The number of aromatic nitrogens is 2. The van der Waals surface area contributed by atoms with E-state index in [-0.39, 0.29) is 11.0 Å². The minimum atomic E-state index is -0.448. The molecule has 2 N–H and O–H groups in total. The van der Waals surface area contributed by atoms with Gasteiger partial charge in [0.15, 0.2) is 0 Å². The van der Waals surface area contributed by atoms with Crippen LogP contribution in [0.15, 0.2) is 36.4 Å². The van der Waals surface area contributed by atoms with Crippen LogP contribution in [0.4, 0.5) is 10.3 Å². The topological polar surface area (TPSA) is 67.0 Å². The first-order valence-corrected chi connectivity index (χ1v) is 7.79. The van der Waals surface area contributed by atoms with Crippen LogP contribution < -0.4 is 5.32 Å². The van der Waals surface area contributed by atoms with E-state index in [9.17, 15) is 9.18 Å². The number of hydrogen-bond acceptors (Lipinski definition) is 4. The fourth-order valence-electron chi connectivity index (χ4n) is 2.27. The fraction of sp³-hybridized carbons (Fsp3) is 0.176. The van der Waals surface area contributed by atoms with E-state index in [2.05, 4.69) is 15.3 Å². The maximum absolute atomic E-state index is 13.2. The first-order valence-electron chi connectivity index (χ1n) is 7.41. The number of nitrogens with one attached hydrogen (secondary N) is 2. The molecular weight excluding hydrogens is 333 g/mol. The minimum Gasteiger partial charge on any atom is -0.462 e. The monoisotopic (exact) mass is 347 g/mol. The number of aromatic amines is 1. The smallest absolute Gasteiger partial charge is 0.338 e. The number of halogens is 2. The van der Waals surface area contributed by atoms with Crippen molar-refractivity contribution in [1.82, 2.24) is 9.97 Å². The van der Waals surface area contributed by atoms with Crippen LogP contribution in [0.5, 0.6) is 0 Å². The summed E-state index contributed by atoms with van der Waals surface area (Å²) in [6, 6.07) is 9.65. The maximum atomic E-state index is 13.2. The zero-order chi connectivity index (χ0) is 17.1. The molecule has 1 heterocycles. The normalized spacial score (nSPS) is 10.8. The zero-order valence-electron chi connectivity index (χ0n) is 12.9. The molecule has 124 valence electrons. The molecule has 0 saturated carbocycles. The van der Waals surface area contributed by atoms with Crippen molar-refractivity contribution in [2.45, 2.75) is 13.5 Å². The number of anilines is 1. The Balaban J connectivity index is 1.75. The number of benzene rings is 2. The summed E-state index contributed by atoms with van der Waals surface area (Å²) < 4.78 is 18.1. The average molecular weight is 348 g/mol. The highest BCUT2D eigenvalue weighted by atomic mass is 35.5. The van der Waals surface area contributed by atoms with Crippen LogP contribution in [0.2, 0.25) is 5.02 Å². The van der Waals surface area contributed by atoms with E-state index >= 15 is 0 Å². The van der Waals surface area contributed by atoms with E-state index in [0.717, 1.165) is 16.6 Å². The summed E-state index contributed by atoms with van der Waals surface area (Å²) in [5.74, 6) is -0.272. The number of nitrogens with zero attached hydrogens (tertiary/aromatic N) is 1. The predicted octanol–water partition coefficient (Wildman–Crippen LogP) is 4.14. The lowest BCUT2D eigenvalue weighted by molar-refractivity contribution is 0.0526. The fourth-order valence-corrected chi connectivity index (χ4v) is 2.47. The largest absolute Gasteiger partial charge is 0.462 e. The Morgan fingerprint density at radius 1 is 1.33 bits per heavy atom. The molecule has 0 atom stereocenters. The van der Waals surface area contributed by atoms with Gasteiger partial charge in [0.2, 0.25) is 5.95 Å². The number of H-pyrrole nitrogens is 1. The van der Waals surface area contributed by atoms with Gasteiger partial charge in [0, 0.05) is 6.54 Å². The third-order valence-electron chi connectivity index (χ3n) is 3.44. The van der Waals surface area contributed by atoms with Gasteiger partial charge in [-0.3, -0.25) is 0 Å². The Hall–Kier alpha value is -2.60. The van der Waals surface area contributed by atoms with Gasteiger partial charge in [0.25, 0.3) is 0 Å². The molecule has 24 heavy (non-hydrogen) atoms. The van der Waals surface area contributed by atoms with Gasteiger partial charge in [-0.25, -0.2) is 14.2 Å². The Labute approximate surface area is 142 Å². The summed E-state index contributed by atoms with van der Waals surface area (Å²) in [6.45, 7) is 2.52. The molecule has 5 nitrogen and oxygen atoms in total. The van der Waals surface area contributed by atoms with Gasteiger partial charge < -0.3 is 15.0 Å². The van der Waals surface area contributed by atoms with E-state index in [0.29, 0.717) is 24.7 Å². The Morgan fingerprint density at radius 2 is 2.17 bits per heavy atom. The molecule has 2 aromatic carbocycles. The van der Waals surface area contributed by atoms with E-state index in [1.165, 1.54) is 6.07 Å². The van der Waals surface area contributed by atoms with Crippen LogP contribution in [0.1, 0.15) is 22.8 Å². The van der Waals surface area contributed by atoms with Crippen molar-refractivity contribution in [2.75, 3.05) is 11.9 Å². The lowest BCUT2D eigenvalue weighted by Gasteiger charge is -2.04. The second-order valence-corrected chi connectivity index (χ2v) is 5.55. The number of carbonyl (C=O) groups excluding carboxylic acids is 1. The summed E-state index contributed by atoms with van der Waals surface area (Å²) in [5.41, 5.74) is 2.74. The number of fused-ring (bicyclic) bond motifs is 1. The van der Waals surface area contributed by atoms with Gasteiger partial charge in [0.1, 0.15) is 5.82 Å². The van der Waals surface area contributed by atoms with Crippen molar-refractivity contribution in [1.29, 1.82) is 0 Å². The van der Waals surface area contributed by atoms with E-state index < -0.39 is 5.82 Å². The predicted molar refractivity (Wildman–Crippen MR) is 90.8 cm³/mol. The van der Waals surface area contributed by atoms with Crippen molar-refractivity contribution >= 4 is 34.6 Å². The first-order chi connectivity index (χ1) is 11.6. The molecule has 1 aromatic heterocycles. The van der Waals surface area contributed by atoms with Gasteiger partial charge in [0.05, 0.1) is 28.2 Å². The van der Waals surface area contributed by atoms with Crippen LogP contribution in [0, 0.1) is 5.82 Å². The lowest BCUT2D eigenvalue weighted by Crippen LogP contribution is -2.04. The standard InChI is InChI=1S/C17H15ClFN3O2/c1-2-24-16(23)11-4-6-14-15(8-11)22-17(21-14)20-9-10-3-5-13(19)12(18)7-10/h3-8H,2,9H2,1H3,(H2,20,21,22). The zero-order valence-corrected chi connectivity index (χ0v) is 13.7. The number of ether oxygens (including phenoxy) is 1. The summed E-state index contributed by atoms with van der Waals surface area (Å²) in [4.78, 5) is 19.2. The summed E-state index contributed by atoms with van der Waals surface area (Å²) in [5, 5.41) is 3.19. The molecule has 0 aliphatic carbocycles. The number of hydrogen-bond donors (Lipinski definition) is 2. The number of rotatable bonds is 5. The van der Waals surface area contributed by atoms with Crippen LogP contribution in [0.25, 0.3) is 11.0 Å². The summed E-state index contributed by atoms with van der Waals surface area (Å²) >= 11 is 5.76. The van der Waals surface area contributed by atoms with E-state index in [1.54, 1.807) is 37.3 Å². The lowest BCUT2D eigenvalue weighted by atomic mass is 10.2. The minimum absolute atomic E-state index is 0.0815. The Bertz CT molecular complexity index is 895. The van der Waals surface area contributed by atoms with Crippen LogP contribution in [-0.4, -0.2) is 22.5 Å². The van der Waals surface area contributed by atoms with Gasteiger partial charge in [-0.15, -0.1) is 0 Å². The molecule has 3 rings (SSSR count). The quantitative estimate of drug-likeness (QED) is 0.680. The molecule has 7 heteroatoms. The average Bonchev–Trinajstić information content (AvgIpc) is 2.98. The van der Waals surface area contributed by atoms with Crippen LogP contribution >= 0.6 is 11.6 Å². The van der Waals surface area contributed by atoms with Gasteiger partial charge in [-0.2, -0.15) is 0 Å². The molecule has 3 aromatic rings. The molecule has 0 unspecified atom stereocenters. The van der Waals surface area contributed by atoms with Crippen LogP contribution in [-0.2, 0) is 11.3 Å². The van der Waals surface area contributed by atoms with Crippen molar-refractivity contribution in [3.63, 3.8) is 0 Å². The molecule has 0 bridgehead atoms. The summed E-state index contributed by atoms with van der Waals surface area (Å²) in [7, 11) is 0. The van der Waals surface area contributed by atoms with Gasteiger partial charge >= 0.3 is 5.97 Å². The van der Waals surface area contributed by atoms with Crippen molar-refractivity contribution in [2.24, 2.45) is 0 Å². The molecule has 0 amide bonds. The molecule has 0 spiro atoms. The molecule has 0 radical (unpaired) electrons. The molecule has 0 saturated heterocycles. The highest BCUT2D eigenvalue weighted by Crippen LogP contribution is 2.19. The number of imidazole rings is 1. The van der Waals surface area contributed by atoms with Crippen molar-refractivity contribution < 1.29 is 13.9 Å². The van der Waals surface area contributed by atoms with Gasteiger partial charge in [-0.05, 0) is 42.8 Å². The third-order valence-corrected chi connectivity index (χ3v) is 3.73. The maximum Gasteiger partial charge on any atom is 0.338 e. The molecule has 0 aliphatic rings. The van der Waals surface area contributed by atoms with Gasteiger partial charge in [-0.1, -0.05) is 17.7 Å². The van der Waals surface area contributed by atoms with Crippen LogP contribution in [0.3, 0.4) is 0 Å².